The summed E-state index contributed by atoms with van der Waals surface area (Å²) in [6.45, 7) is 5.43. The van der Waals surface area contributed by atoms with Gasteiger partial charge in [0.15, 0.2) is 12.2 Å². The molecule has 0 bridgehead atoms. The maximum atomic E-state index is 13.5. The van der Waals surface area contributed by atoms with Crippen LogP contribution in [0.2, 0.25) is 5.02 Å². The Morgan fingerprint density at radius 3 is 2.81 bits per heavy atom. The third kappa shape index (κ3) is 3.35. The Hall–Kier alpha value is -2.67. The van der Waals surface area contributed by atoms with Crippen molar-refractivity contribution in [1.29, 1.82) is 0 Å². The maximum Gasteiger partial charge on any atom is 0.338 e. The van der Waals surface area contributed by atoms with Crippen molar-refractivity contribution in [1.82, 2.24) is 10.3 Å². The highest BCUT2D eigenvalue weighted by Crippen LogP contribution is 2.36. The fraction of sp³-hybridized carbons (Fsp3) is 0.278. The molecule has 1 aromatic carbocycles. The summed E-state index contributed by atoms with van der Waals surface area (Å²) >= 11 is 6.22. The number of oxazole rings is 1. The van der Waals surface area contributed by atoms with Gasteiger partial charge in [0.1, 0.15) is 23.3 Å². The molecule has 26 heavy (non-hydrogen) atoms. The average Bonchev–Trinajstić information content (AvgIpc) is 3.00. The van der Waals surface area contributed by atoms with Crippen molar-refractivity contribution in [2.45, 2.75) is 26.8 Å². The zero-order chi connectivity index (χ0) is 18.8. The van der Waals surface area contributed by atoms with E-state index < -0.39 is 17.8 Å². The number of aryl methyl sites for hydroxylation is 1. The number of halogens is 2. The van der Waals surface area contributed by atoms with Gasteiger partial charge in [-0.1, -0.05) is 17.7 Å². The minimum Gasteiger partial charge on any atom is -0.463 e. The number of esters is 1. The Bertz CT molecular complexity index is 920. The second-order valence-corrected chi connectivity index (χ2v) is 6.09. The van der Waals surface area contributed by atoms with Gasteiger partial charge in [-0.05, 0) is 32.9 Å². The molecule has 1 aliphatic heterocycles. The molecule has 6 nitrogen and oxygen atoms in total. The molecule has 8 heteroatoms. The summed E-state index contributed by atoms with van der Waals surface area (Å²) in [5.41, 5.74) is 1.89. The molecule has 0 aliphatic carbocycles. The Labute approximate surface area is 154 Å². The molecule has 0 fully saturated rings. The number of amidine groups is 1. The van der Waals surface area contributed by atoms with Crippen LogP contribution in [0.25, 0.3) is 0 Å². The van der Waals surface area contributed by atoms with Crippen molar-refractivity contribution in [3.63, 3.8) is 0 Å². The number of hydrogen-bond acceptors (Lipinski definition) is 6. The summed E-state index contributed by atoms with van der Waals surface area (Å²) in [4.78, 5) is 21.2. The van der Waals surface area contributed by atoms with E-state index in [4.69, 9.17) is 20.8 Å². The largest absolute Gasteiger partial charge is 0.463 e. The van der Waals surface area contributed by atoms with Crippen LogP contribution in [-0.2, 0) is 9.53 Å². The van der Waals surface area contributed by atoms with E-state index in [0.717, 1.165) is 0 Å². The fourth-order valence-electron chi connectivity index (χ4n) is 2.75. The third-order valence-corrected chi connectivity index (χ3v) is 4.29. The van der Waals surface area contributed by atoms with Crippen molar-refractivity contribution < 1.29 is 18.3 Å². The van der Waals surface area contributed by atoms with Crippen LogP contribution in [0.1, 0.15) is 36.9 Å². The normalized spacial score (nSPS) is 17.0. The molecule has 2 aromatic rings. The number of nitrogens with zero attached hydrogens (tertiary/aromatic N) is 2. The number of carbonyl (C=O) groups excluding carboxylic acids is 1. The fourth-order valence-corrected chi connectivity index (χ4v) is 3.02. The van der Waals surface area contributed by atoms with Crippen LogP contribution in [0.5, 0.6) is 0 Å². The highest BCUT2D eigenvalue weighted by atomic mass is 35.5. The lowest BCUT2D eigenvalue weighted by Crippen LogP contribution is -2.33. The first-order valence-corrected chi connectivity index (χ1v) is 8.38. The van der Waals surface area contributed by atoms with E-state index in [1.165, 1.54) is 24.6 Å². The van der Waals surface area contributed by atoms with Crippen molar-refractivity contribution in [2.75, 3.05) is 6.61 Å². The molecule has 1 aromatic heterocycles. The molecule has 0 amide bonds. The van der Waals surface area contributed by atoms with Crippen molar-refractivity contribution in [3.05, 3.63) is 63.7 Å². The number of benzene rings is 1. The first kappa shape index (κ1) is 18.1. The predicted octanol–water partition coefficient (Wildman–Crippen LogP) is 3.70. The van der Waals surface area contributed by atoms with Crippen molar-refractivity contribution in [2.24, 2.45) is 4.99 Å². The summed E-state index contributed by atoms with van der Waals surface area (Å²) in [5, 5.41) is 3.24. The summed E-state index contributed by atoms with van der Waals surface area (Å²) in [6.07, 6.45) is 1.31. The Morgan fingerprint density at radius 2 is 2.19 bits per heavy atom. The molecule has 0 saturated heterocycles. The summed E-state index contributed by atoms with van der Waals surface area (Å²) in [5.74, 6) is 0.0324. The van der Waals surface area contributed by atoms with Gasteiger partial charge >= 0.3 is 5.97 Å². The summed E-state index contributed by atoms with van der Waals surface area (Å²) < 4.78 is 23.9. The van der Waals surface area contributed by atoms with Gasteiger partial charge in [-0.25, -0.2) is 14.2 Å². The van der Waals surface area contributed by atoms with E-state index in [1.807, 2.05) is 0 Å². The second kappa shape index (κ2) is 7.29. The van der Waals surface area contributed by atoms with E-state index in [0.29, 0.717) is 34.1 Å². The molecule has 2 heterocycles. The van der Waals surface area contributed by atoms with Crippen molar-refractivity contribution in [3.8, 4) is 0 Å². The van der Waals surface area contributed by atoms with Crippen LogP contribution < -0.4 is 5.32 Å². The van der Waals surface area contributed by atoms with E-state index in [2.05, 4.69) is 15.3 Å². The minimum absolute atomic E-state index is 0.173. The van der Waals surface area contributed by atoms with E-state index >= 15 is 0 Å². The molecule has 0 spiro atoms. The maximum absolute atomic E-state index is 13.5. The smallest absolute Gasteiger partial charge is 0.338 e. The lowest BCUT2D eigenvalue weighted by molar-refractivity contribution is -0.138. The molecule has 136 valence electrons. The monoisotopic (exact) mass is 377 g/mol. The molecule has 1 atom stereocenters. The number of hydrogen-bond donors (Lipinski definition) is 1. The van der Waals surface area contributed by atoms with Crippen molar-refractivity contribution >= 4 is 23.4 Å². The summed E-state index contributed by atoms with van der Waals surface area (Å²) in [6, 6.07) is 3.22. The van der Waals surface area contributed by atoms with Gasteiger partial charge < -0.3 is 14.5 Å². The highest BCUT2D eigenvalue weighted by Gasteiger charge is 2.32. The summed E-state index contributed by atoms with van der Waals surface area (Å²) in [7, 11) is 0. The zero-order valence-electron chi connectivity index (χ0n) is 14.5. The quantitative estimate of drug-likeness (QED) is 0.822. The topological polar surface area (TPSA) is 76.7 Å². The lowest BCUT2D eigenvalue weighted by atomic mass is 9.95. The van der Waals surface area contributed by atoms with E-state index in [1.54, 1.807) is 20.8 Å². The second-order valence-electron chi connectivity index (χ2n) is 5.69. The molecule has 1 N–H and O–H groups in total. The minimum atomic E-state index is -0.755. The number of carbonyl (C=O) groups is 1. The van der Waals surface area contributed by atoms with Crippen LogP contribution in [0.3, 0.4) is 0 Å². The number of nitrogens with one attached hydrogen (secondary N) is 1. The first-order valence-electron chi connectivity index (χ1n) is 8.00. The average molecular weight is 378 g/mol. The van der Waals surface area contributed by atoms with Crippen LogP contribution in [0.4, 0.5) is 4.39 Å². The Balaban J connectivity index is 2.14. The highest BCUT2D eigenvalue weighted by molar-refractivity contribution is 6.31. The number of ether oxygens (including phenoxy) is 1. The zero-order valence-corrected chi connectivity index (χ0v) is 15.2. The molecular weight excluding hydrogens is 361 g/mol. The van der Waals surface area contributed by atoms with Gasteiger partial charge in [0.05, 0.1) is 12.2 Å². The SMILES string of the molecule is CCOC(=O)C1=C(C)NC(c2ncoc2C)=NC1c1ccc(F)cc1Cl. The lowest BCUT2D eigenvalue weighted by Gasteiger charge is -2.26. The number of rotatable bonds is 4. The Kier molecular flexibility index (Phi) is 5.08. The molecule has 0 saturated carbocycles. The number of aliphatic imine (C=N–C) groups is 1. The number of aromatic nitrogens is 1. The van der Waals surface area contributed by atoms with E-state index in [9.17, 15) is 9.18 Å². The van der Waals surface area contributed by atoms with E-state index in [-0.39, 0.29) is 11.6 Å². The van der Waals surface area contributed by atoms with Gasteiger partial charge in [0.2, 0.25) is 0 Å². The van der Waals surface area contributed by atoms with Gasteiger partial charge in [-0.3, -0.25) is 4.99 Å². The van der Waals surface area contributed by atoms with Gasteiger partial charge in [-0.2, -0.15) is 0 Å². The van der Waals surface area contributed by atoms with Crippen LogP contribution >= 0.6 is 11.6 Å². The van der Waals surface area contributed by atoms with Crippen LogP contribution in [0.15, 0.2) is 45.3 Å². The standard InChI is InChI=1S/C18H17ClFN3O3/c1-4-25-18(24)14-9(2)22-17(15-10(3)26-8-21-15)23-16(14)12-6-5-11(20)7-13(12)19/h5-8,16H,4H2,1-3H3,(H,22,23). The van der Waals surface area contributed by atoms with Crippen LogP contribution in [-0.4, -0.2) is 23.4 Å². The molecule has 3 rings (SSSR count). The molecular formula is C18H17ClFN3O3. The number of allylic oxidation sites excluding steroid dienone is 1. The Morgan fingerprint density at radius 1 is 1.42 bits per heavy atom. The van der Waals surface area contributed by atoms with Gasteiger partial charge in [0, 0.05) is 16.3 Å². The molecule has 1 unspecified atom stereocenters. The molecule has 1 aliphatic rings. The predicted molar refractivity (Wildman–Crippen MR) is 94.4 cm³/mol. The van der Waals surface area contributed by atoms with Crippen LogP contribution in [0, 0.1) is 12.7 Å². The third-order valence-electron chi connectivity index (χ3n) is 3.96. The van der Waals surface area contributed by atoms with Gasteiger partial charge in [-0.15, -0.1) is 0 Å². The first-order chi connectivity index (χ1) is 12.4. The van der Waals surface area contributed by atoms with Gasteiger partial charge in [0.25, 0.3) is 0 Å². The molecule has 0 radical (unpaired) electrons.